The van der Waals surface area contributed by atoms with Crippen LogP contribution in [0.5, 0.6) is 0 Å². The highest BCUT2D eigenvalue weighted by molar-refractivity contribution is 6.36. The smallest absolute Gasteiger partial charge is 0.255 e. The molecule has 0 unspecified atom stereocenters. The predicted octanol–water partition coefficient (Wildman–Crippen LogP) is 5.18. The number of aryl methyl sites for hydroxylation is 1. The first-order valence-electron chi connectivity index (χ1n) is 8.41. The molecule has 0 N–H and O–H groups in total. The van der Waals surface area contributed by atoms with Crippen LogP contribution in [0, 0.1) is 18.7 Å². The summed E-state index contributed by atoms with van der Waals surface area (Å²) in [4.78, 5) is 26.8. The van der Waals surface area contributed by atoms with E-state index in [1.54, 1.807) is 4.90 Å². The molecule has 3 rings (SSSR count). The minimum atomic E-state index is -0.677. The minimum absolute atomic E-state index is 0.0943. The van der Waals surface area contributed by atoms with Crippen LogP contribution in [0.15, 0.2) is 36.4 Å². The first kappa shape index (κ1) is 18.9. The zero-order valence-corrected chi connectivity index (χ0v) is 15.8. The number of benzene rings is 2. The van der Waals surface area contributed by atoms with Crippen molar-refractivity contribution < 1.29 is 14.0 Å². The van der Waals surface area contributed by atoms with Gasteiger partial charge in [-0.15, -0.1) is 0 Å². The topological polar surface area (TPSA) is 37.4 Å². The summed E-state index contributed by atoms with van der Waals surface area (Å²) in [6.07, 6.45) is 1.15. The largest absolute Gasteiger partial charge is 0.339 e. The highest BCUT2D eigenvalue weighted by Gasteiger charge is 2.29. The second-order valence-corrected chi connectivity index (χ2v) is 7.36. The summed E-state index contributed by atoms with van der Waals surface area (Å²) in [6.45, 7) is 2.84. The molecule has 0 spiro atoms. The fraction of sp³-hybridized carbons (Fsp3) is 0.300. The van der Waals surface area contributed by atoms with Crippen LogP contribution in [0.25, 0.3) is 0 Å². The van der Waals surface area contributed by atoms with Gasteiger partial charge in [0.2, 0.25) is 0 Å². The van der Waals surface area contributed by atoms with Crippen molar-refractivity contribution in [2.24, 2.45) is 5.92 Å². The van der Waals surface area contributed by atoms with Gasteiger partial charge in [-0.25, -0.2) is 4.39 Å². The van der Waals surface area contributed by atoms with Crippen molar-refractivity contribution in [2.45, 2.75) is 19.8 Å². The number of rotatable bonds is 3. The molecular formula is C20H18Cl2FNO2. The Morgan fingerprint density at radius 3 is 2.27 bits per heavy atom. The molecule has 2 aromatic rings. The zero-order valence-electron chi connectivity index (χ0n) is 14.3. The molecule has 1 fully saturated rings. The lowest BCUT2D eigenvalue weighted by molar-refractivity contribution is 0.0650. The van der Waals surface area contributed by atoms with E-state index in [9.17, 15) is 14.0 Å². The van der Waals surface area contributed by atoms with E-state index in [1.807, 2.05) is 31.2 Å². The second-order valence-electron chi connectivity index (χ2n) is 6.54. The molecular weight excluding hydrogens is 376 g/mol. The number of nitrogens with zero attached hydrogens (tertiary/aromatic N) is 1. The zero-order chi connectivity index (χ0) is 18.8. The van der Waals surface area contributed by atoms with E-state index in [0.29, 0.717) is 31.5 Å². The van der Waals surface area contributed by atoms with Gasteiger partial charge in [0.05, 0.1) is 15.6 Å². The first-order chi connectivity index (χ1) is 12.4. The third kappa shape index (κ3) is 3.92. The second kappa shape index (κ2) is 7.77. The fourth-order valence-electron chi connectivity index (χ4n) is 3.16. The Bertz CT molecular complexity index is 844. The molecule has 2 aromatic carbocycles. The summed E-state index contributed by atoms with van der Waals surface area (Å²) < 4.78 is 13.7. The molecule has 0 radical (unpaired) electrons. The lowest BCUT2D eigenvalue weighted by Crippen LogP contribution is -2.40. The van der Waals surface area contributed by atoms with Gasteiger partial charge in [-0.2, -0.15) is 0 Å². The van der Waals surface area contributed by atoms with E-state index >= 15 is 0 Å². The van der Waals surface area contributed by atoms with Crippen LogP contribution >= 0.6 is 23.2 Å². The fourth-order valence-corrected chi connectivity index (χ4v) is 3.62. The van der Waals surface area contributed by atoms with Gasteiger partial charge in [0.1, 0.15) is 5.82 Å². The van der Waals surface area contributed by atoms with Crippen LogP contribution in [0.4, 0.5) is 4.39 Å². The average Bonchev–Trinajstić information content (AvgIpc) is 2.64. The molecule has 1 amide bonds. The summed E-state index contributed by atoms with van der Waals surface area (Å²) in [5, 5.41) is 0.00760. The Hall–Kier alpha value is -1.91. The number of amides is 1. The van der Waals surface area contributed by atoms with Crippen molar-refractivity contribution in [3.63, 3.8) is 0 Å². The number of carbonyl (C=O) groups excluding carboxylic acids is 2. The maximum atomic E-state index is 13.7. The van der Waals surface area contributed by atoms with Gasteiger partial charge in [-0.05, 0) is 31.9 Å². The lowest BCUT2D eigenvalue weighted by Gasteiger charge is -2.31. The van der Waals surface area contributed by atoms with Crippen molar-refractivity contribution in [3.8, 4) is 0 Å². The van der Waals surface area contributed by atoms with Gasteiger partial charge >= 0.3 is 0 Å². The molecule has 0 aromatic heterocycles. The van der Waals surface area contributed by atoms with E-state index in [2.05, 4.69) is 0 Å². The molecule has 6 heteroatoms. The number of halogens is 3. The summed E-state index contributed by atoms with van der Waals surface area (Å²) in [5.41, 5.74) is 1.90. The van der Waals surface area contributed by atoms with Crippen LogP contribution in [0.2, 0.25) is 10.0 Å². The number of likely N-dealkylation sites (tertiary alicyclic amines) is 1. The van der Waals surface area contributed by atoms with Crippen LogP contribution in [0.1, 0.15) is 39.1 Å². The molecule has 1 aliphatic rings. The molecule has 26 heavy (non-hydrogen) atoms. The van der Waals surface area contributed by atoms with Crippen LogP contribution in [0.3, 0.4) is 0 Å². The number of Topliss-reactive ketones (excluding diaryl/α,β-unsaturated/α-hetero) is 1. The summed E-state index contributed by atoms with van der Waals surface area (Å²) in [6, 6.07) is 9.82. The van der Waals surface area contributed by atoms with E-state index in [0.717, 1.165) is 11.6 Å². The Balaban J connectivity index is 1.66. The van der Waals surface area contributed by atoms with Gasteiger partial charge in [0.25, 0.3) is 5.91 Å². The Kier molecular flexibility index (Phi) is 5.64. The monoisotopic (exact) mass is 393 g/mol. The number of hydrogen-bond acceptors (Lipinski definition) is 2. The van der Waals surface area contributed by atoms with Crippen molar-refractivity contribution in [3.05, 3.63) is 69.0 Å². The molecule has 136 valence electrons. The molecule has 3 nitrogen and oxygen atoms in total. The molecule has 0 atom stereocenters. The lowest BCUT2D eigenvalue weighted by atomic mass is 9.88. The quantitative estimate of drug-likeness (QED) is 0.532. The standard InChI is InChI=1S/C20H18Cl2FNO2/c1-12-2-4-13(5-3-12)19(25)14-6-8-24(9-7-14)20(26)15-10-18(23)17(22)11-16(15)21/h2-5,10-11,14H,6-9H2,1H3. The van der Waals surface area contributed by atoms with E-state index < -0.39 is 5.82 Å². The van der Waals surface area contributed by atoms with E-state index in [4.69, 9.17) is 23.2 Å². The number of piperidine rings is 1. The van der Waals surface area contributed by atoms with Crippen molar-refractivity contribution >= 4 is 34.9 Å². The average molecular weight is 394 g/mol. The van der Waals surface area contributed by atoms with Crippen LogP contribution in [-0.4, -0.2) is 29.7 Å². The molecule has 0 saturated carbocycles. The number of ketones is 1. The third-order valence-electron chi connectivity index (χ3n) is 4.73. The Morgan fingerprint density at radius 1 is 1.04 bits per heavy atom. The summed E-state index contributed by atoms with van der Waals surface area (Å²) in [7, 11) is 0. The van der Waals surface area contributed by atoms with Crippen molar-refractivity contribution in [1.29, 1.82) is 0 Å². The highest BCUT2D eigenvalue weighted by Crippen LogP contribution is 2.28. The summed E-state index contributed by atoms with van der Waals surface area (Å²) in [5.74, 6) is -1.03. The third-order valence-corrected chi connectivity index (χ3v) is 5.33. The first-order valence-corrected chi connectivity index (χ1v) is 9.17. The van der Waals surface area contributed by atoms with Crippen molar-refractivity contribution in [1.82, 2.24) is 4.90 Å². The predicted molar refractivity (Wildman–Crippen MR) is 101 cm³/mol. The maximum Gasteiger partial charge on any atom is 0.255 e. The number of carbonyl (C=O) groups is 2. The normalized spacial score (nSPS) is 15.2. The minimum Gasteiger partial charge on any atom is -0.339 e. The number of hydrogen-bond donors (Lipinski definition) is 0. The molecule has 0 bridgehead atoms. The molecule has 1 heterocycles. The Morgan fingerprint density at radius 2 is 1.65 bits per heavy atom. The van der Waals surface area contributed by atoms with Gasteiger partial charge in [-0.3, -0.25) is 9.59 Å². The highest BCUT2D eigenvalue weighted by atomic mass is 35.5. The van der Waals surface area contributed by atoms with Crippen LogP contribution in [-0.2, 0) is 0 Å². The van der Waals surface area contributed by atoms with E-state index in [-0.39, 0.29) is 33.2 Å². The molecule has 1 aliphatic heterocycles. The van der Waals surface area contributed by atoms with Gasteiger partial charge in [0.15, 0.2) is 5.78 Å². The summed E-state index contributed by atoms with van der Waals surface area (Å²) >= 11 is 11.7. The van der Waals surface area contributed by atoms with E-state index in [1.165, 1.54) is 6.07 Å². The van der Waals surface area contributed by atoms with Gasteiger partial charge in [-0.1, -0.05) is 53.0 Å². The molecule has 1 saturated heterocycles. The van der Waals surface area contributed by atoms with Crippen molar-refractivity contribution in [2.75, 3.05) is 13.1 Å². The maximum absolute atomic E-state index is 13.7. The molecule has 0 aliphatic carbocycles. The van der Waals surface area contributed by atoms with Gasteiger partial charge < -0.3 is 4.90 Å². The van der Waals surface area contributed by atoms with Crippen LogP contribution < -0.4 is 0 Å². The van der Waals surface area contributed by atoms with Gasteiger partial charge in [0, 0.05) is 24.6 Å². The SMILES string of the molecule is Cc1ccc(C(=O)C2CCN(C(=O)c3cc(F)c(Cl)cc3Cl)CC2)cc1. The Labute approximate surface area is 161 Å².